The van der Waals surface area contributed by atoms with Crippen LogP contribution in [0.2, 0.25) is 0 Å². The van der Waals surface area contributed by atoms with E-state index in [0.717, 1.165) is 32.0 Å². The maximum atomic E-state index is 5.41. The SMILES string of the molecule is CCOC(C)CCNCC(C)C. The van der Waals surface area contributed by atoms with Gasteiger partial charge in [0.25, 0.3) is 0 Å². The Morgan fingerprint density at radius 2 is 1.92 bits per heavy atom. The molecule has 0 aliphatic rings. The Balaban J connectivity index is 3.08. The Morgan fingerprint density at radius 1 is 1.25 bits per heavy atom. The Bertz CT molecular complexity index is 93.8. The third kappa shape index (κ3) is 8.02. The van der Waals surface area contributed by atoms with Crippen LogP contribution in [0, 0.1) is 5.92 Å². The molecule has 1 unspecified atom stereocenters. The highest BCUT2D eigenvalue weighted by atomic mass is 16.5. The second-order valence-corrected chi connectivity index (χ2v) is 3.65. The summed E-state index contributed by atoms with van der Waals surface area (Å²) in [7, 11) is 0. The first-order valence-electron chi connectivity index (χ1n) is 4.99. The van der Waals surface area contributed by atoms with Crippen molar-refractivity contribution in [3.8, 4) is 0 Å². The van der Waals surface area contributed by atoms with Crippen molar-refractivity contribution in [3.05, 3.63) is 0 Å². The van der Waals surface area contributed by atoms with Gasteiger partial charge in [-0.05, 0) is 39.3 Å². The molecule has 12 heavy (non-hydrogen) atoms. The summed E-state index contributed by atoms with van der Waals surface area (Å²) in [5.41, 5.74) is 0. The average Bonchev–Trinajstić information content (AvgIpc) is 1.98. The van der Waals surface area contributed by atoms with Gasteiger partial charge in [-0.25, -0.2) is 0 Å². The normalized spacial score (nSPS) is 13.8. The quantitative estimate of drug-likeness (QED) is 0.595. The first-order valence-corrected chi connectivity index (χ1v) is 4.99. The minimum atomic E-state index is 0.398. The topological polar surface area (TPSA) is 21.3 Å². The molecular formula is C10H23NO. The number of rotatable bonds is 7. The molecule has 0 aliphatic heterocycles. The lowest BCUT2D eigenvalue weighted by molar-refractivity contribution is 0.0703. The van der Waals surface area contributed by atoms with Gasteiger partial charge in [-0.1, -0.05) is 13.8 Å². The van der Waals surface area contributed by atoms with Gasteiger partial charge in [0, 0.05) is 6.61 Å². The van der Waals surface area contributed by atoms with Crippen molar-refractivity contribution in [1.29, 1.82) is 0 Å². The molecule has 1 N–H and O–H groups in total. The van der Waals surface area contributed by atoms with Gasteiger partial charge in [0.05, 0.1) is 6.10 Å². The van der Waals surface area contributed by atoms with Crippen LogP contribution in [0.1, 0.15) is 34.1 Å². The third-order valence-electron chi connectivity index (χ3n) is 1.73. The summed E-state index contributed by atoms with van der Waals surface area (Å²) in [6, 6.07) is 0. The van der Waals surface area contributed by atoms with E-state index in [9.17, 15) is 0 Å². The molecule has 0 aliphatic carbocycles. The predicted molar refractivity (Wildman–Crippen MR) is 53.4 cm³/mol. The predicted octanol–water partition coefficient (Wildman–Crippen LogP) is 2.05. The summed E-state index contributed by atoms with van der Waals surface area (Å²) in [4.78, 5) is 0. The molecule has 0 radical (unpaired) electrons. The van der Waals surface area contributed by atoms with Crippen LogP contribution in [0.25, 0.3) is 0 Å². The molecule has 74 valence electrons. The van der Waals surface area contributed by atoms with E-state index in [4.69, 9.17) is 4.74 Å². The zero-order valence-corrected chi connectivity index (χ0v) is 8.89. The minimum Gasteiger partial charge on any atom is -0.379 e. The van der Waals surface area contributed by atoms with Crippen molar-refractivity contribution in [2.45, 2.75) is 40.2 Å². The van der Waals surface area contributed by atoms with E-state index in [1.165, 1.54) is 0 Å². The van der Waals surface area contributed by atoms with Gasteiger partial charge >= 0.3 is 0 Å². The fourth-order valence-corrected chi connectivity index (χ4v) is 1.06. The van der Waals surface area contributed by atoms with Crippen molar-refractivity contribution in [2.24, 2.45) is 5.92 Å². The van der Waals surface area contributed by atoms with E-state index in [1.54, 1.807) is 0 Å². The Morgan fingerprint density at radius 3 is 2.42 bits per heavy atom. The van der Waals surface area contributed by atoms with Gasteiger partial charge < -0.3 is 10.1 Å². The minimum absolute atomic E-state index is 0.398. The molecule has 0 aromatic rings. The Hall–Kier alpha value is -0.0800. The number of nitrogens with one attached hydrogen (secondary N) is 1. The van der Waals surface area contributed by atoms with Crippen LogP contribution in [0.3, 0.4) is 0 Å². The maximum Gasteiger partial charge on any atom is 0.0558 e. The molecule has 0 heterocycles. The van der Waals surface area contributed by atoms with E-state index in [1.807, 2.05) is 6.92 Å². The third-order valence-corrected chi connectivity index (χ3v) is 1.73. The molecule has 0 aromatic carbocycles. The molecule has 0 fully saturated rings. The molecule has 0 spiro atoms. The highest BCUT2D eigenvalue weighted by molar-refractivity contribution is 4.55. The average molecular weight is 173 g/mol. The lowest BCUT2D eigenvalue weighted by Gasteiger charge is -2.12. The smallest absolute Gasteiger partial charge is 0.0558 e. The van der Waals surface area contributed by atoms with Crippen LogP contribution in [0.5, 0.6) is 0 Å². The molecule has 0 rings (SSSR count). The van der Waals surface area contributed by atoms with Gasteiger partial charge in [-0.2, -0.15) is 0 Å². The highest BCUT2D eigenvalue weighted by Gasteiger charge is 1.99. The van der Waals surface area contributed by atoms with Crippen LogP contribution in [-0.2, 0) is 4.74 Å². The summed E-state index contributed by atoms with van der Waals surface area (Å²) in [5.74, 6) is 0.743. The molecule has 2 nitrogen and oxygen atoms in total. The zero-order valence-electron chi connectivity index (χ0n) is 8.89. The lowest BCUT2D eigenvalue weighted by Crippen LogP contribution is -2.24. The number of hydrogen-bond donors (Lipinski definition) is 1. The molecule has 0 aromatic heterocycles. The molecule has 1 atom stereocenters. The standard InChI is InChI=1S/C10H23NO/c1-5-12-10(4)6-7-11-8-9(2)3/h9-11H,5-8H2,1-4H3. The lowest BCUT2D eigenvalue weighted by atomic mass is 10.2. The van der Waals surface area contributed by atoms with Crippen molar-refractivity contribution in [3.63, 3.8) is 0 Å². The molecular weight excluding hydrogens is 150 g/mol. The largest absolute Gasteiger partial charge is 0.379 e. The summed E-state index contributed by atoms with van der Waals surface area (Å²) < 4.78 is 5.41. The monoisotopic (exact) mass is 173 g/mol. The zero-order chi connectivity index (χ0) is 9.40. The molecule has 0 amide bonds. The van der Waals surface area contributed by atoms with Crippen molar-refractivity contribution >= 4 is 0 Å². The van der Waals surface area contributed by atoms with Crippen LogP contribution >= 0.6 is 0 Å². The fraction of sp³-hybridized carbons (Fsp3) is 1.00. The van der Waals surface area contributed by atoms with E-state index in [2.05, 4.69) is 26.1 Å². The molecule has 0 bridgehead atoms. The summed E-state index contributed by atoms with van der Waals surface area (Å²) >= 11 is 0. The summed E-state index contributed by atoms with van der Waals surface area (Å²) in [6.45, 7) is 11.6. The summed E-state index contributed by atoms with van der Waals surface area (Å²) in [6.07, 6.45) is 1.51. The van der Waals surface area contributed by atoms with E-state index in [0.29, 0.717) is 6.10 Å². The summed E-state index contributed by atoms with van der Waals surface area (Å²) in [5, 5.41) is 3.39. The molecule has 0 saturated carbocycles. The first kappa shape index (κ1) is 11.9. The number of ether oxygens (including phenoxy) is 1. The Labute approximate surface area is 76.7 Å². The van der Waals surface area contributed by atoms with Crippen LogP contribution in [0.15, 0.2) is 0 Å². The van der Waals surface area contributed by atoms with E-state index < -0.39 is 0 Å². The van der Waals surface area contributed by atoms with E-state index >= 15 is 0 Å². The van der Waals surface area contributed by atoms with Crippen LogP contribution < -0.4 is 5.32 Å². The van der Waals surface area contributed by atoms with Gasteiger partial charge in [0.2, 0.25) is 0 Å². The number of hydrogen-bond acceptors (Lipinski definition) is 2. The fourth-order valence-electron chi connectivity index (χ4n) is 1.06. The van der Waals surface area contributed by atoms with Crippen LogP contribution in [0.4, 0.5) is 0 Å². The van der Waals surface area contributed by atoms with Gasteiger partial charge in [0.15, 0.2) is 0 Å². The second kappa shape index (κ2) is 7.56. The molecule has 0 saturated heterocycles. The van der Waals surface area contributed by atoms with Crippen molar-refractivity contribution in [2.75, 3.05) is 19.7 Å². The highest BCUT2D eigenvalue weighted by Crippen LogP contribution is 1.95. The van der Waals surface area contributed by atoms with Crippen molar-refractivity contribution < 1.29 is 4.74 Å². The molecule has 2 heteroatoms. The van der Waals surface area contributed by atoms with E-state index in [-0.39, 0.29) is 0 Å². The van der Waals surface area contributed by atoms with Gasteiger partial charge in [0.1, 0.15) is 0 Å². The first-order chi connectivity index (χ1) is 5.66. The van der Waals surface area contributed by atoms with Gasteiger partial charge in [-0.15, -0.1) is 0 Å². The maximum absolute atomic E-state index is 5.41. The second-order valence-electron chi connectivity index (χ2n) is 3.65. The van der Waals surface area contributed by atoms with Gasteiger partial charge in [-0.3, -0.25) is 0 Å². The Kier molecular flexibility index (Phi) is 7.51. The van der Waals surface area contributed by atoms with Crippen LogP contribution in [-0.4, -0.2) is 25.8 Å². The van der Waals surface area contributed by atoms with Crippen molar-refractivity contribution in [1.82, 2.24) is 5.32 Å².